The Bertz CT molecular complexity index is 1090. The van der Waals surface area contributed by atoms with Gasteiger partial charge in [0.05, 0.1) is 5.69 Å². The molecule has 172 valence electrons. The number of anilines is 1. The minimum absolute atomic E-state index is 0.780. The average Bonchev–Trinajstić information content (AvgIpc) is 3.20. The molecule has 0 amide bonds. The van der Waals surface area contributed by atoms with Crippen LogP contribution < -0.4 is 4.90 Å². The van der Waals surface area contributed by atoms with Crippen LogP contribution in [0.25, 0.3) is 11.1 Å². The Kier molecular flexibility index (Phi) is 6.73. The van der Waals surface area contributed by atoms with Gasteiger partial charge in [0.2, 0.25) is 0 Å². The lowest BCUT2D eigenvalue weighted by Crippen LogP contribution is -2.34. The molecule has 1 aliphatic carbocycles. The molecular formula is C29H36N4. The molecule has 5 rings (SSSR count). The highest BCUT2D eigenvalue weighted by Crippen LogP contribution is 2.41. The molecule has 1 aromatic heterocycles. The number of hydrogen-bond donors (Lipinski definition) is 0. The van der Waals surface area contributed by atoms with Crippen molar-refractivity contribution in [2.75, 3.05) is 37.6 Å². The topological polar surface area (TPSA) is 32.3 Å². The third-order valence-corrected chi connectivity index (χ3v) is 7.14. The first-order valence-corrected chi connectivity index (χ1v) is 12.7. The van der Waals surface area contributed by atoms with Crippen LogP contribution in [-0.4, -0.2) is 47.6 Å². The number of hydrogen-bond acceptors (Lipinski definition) is 4. The molecule has 1 aliphatic heterocycles. The Labute approximate surface area is 198 Å². The molecule has 0 radical (unpaired) electrons. The van der Waals surface area contributed by atoms with Gasteiger partial charge in [-0.25, -0.2) is 9.97 Å². The summed E-state index contributed by atoms with van der Waals surface area (Å²) in [5, 5.41) is 0. The quantitative estimate of drug-likeness (QED) is 0.354. The molecule has 1 saturated heterocycles. The lowest BCUT2D eigenvalue weighted by molar-refractivity contribution is 0.227. The number of piperidine rings is 1. The van der Waals surface area contributed by atoms with Gasteiger partial charge < -0.3 is 9.80 Å². The van der Waals surface area contributed by atoms with E-state index in [1.165, 1.54) is 78.8 Å². The normalized spacial score (nSPS) is 15.3. The van der Waals surface area contributed by atoms with Gasteiger partial charge in [-0.2, -0.15) is 0 Å². The molecule has 0 unspecified atom stereocenters. The van der Waals surface area contributed by atoms with Crippen molar-refractivity contribution in [3.8, 4) is 11.1 Å². The molecule has 0 N–H and O–H groups in total. The SMILES string of the molecule is CCN(CCCN1CCCCC1)c1nc(Cc2ccccc2)nc2c1-c1ccc(C)cc1C2. The van der Waals surface area contributed by atoms with E-state index in [0.717, 1.165) is 37.6 Å². The molecule has 33 heavy (non-hydrogen) atoms. The van der Waals surface area contributed by atoms with Crippen molar-refractivity contribution >= 4 is 5.82 Å². The summed E-state index contributed by atoms with van der Waals surface area (Å²) in [4.78, 5) is 15.4. The predicted molar refractivity (Wildman–Crippen MR) is 137 cm³/mol. The zero-order valence-corrected chi connectivity index (χ0v) is 20.2. The molecule has 2 heterocycles. The fourth-order valence-electron chi connectivity index (χ4n) is 5.41. The van der Waals surface area contributed by atoms with Crippen molar-refractivity contribution in [1.29, 1.82) is 0 Å². The Morgan fingerprint density at radius 2 is 1.79 bits per heavy atom. The van der Waals surface area contributed by atoms with Gasteiger partial charge in [-0.1, -0.05) is 60.5 Å². The summed E-state index contributed by atoms with van der Waals surface area (Å²) in [6.07, 6.45) is 6.98. The van der Waals surface area contributed by atoms with Crippen molar-refractivity contribution in [3.63, 3.8) is 0 Å². The third kappa shape index (κ3) is 4.96. The van der Waals surface area contributed by atoms with Crippen LogP contribution in [0, 0.1) is 6.92 Å². The Morgan fingerprint density at radius 3 is 2.58 bits per heavy atom. The zero-order chi connectivity index (χ0) is 22.6. The third-order valence-electron chi connectivity index (χ3n) is 7.14. The highest BCUT2D eigenvalue weighted by Gasteiger charge is 2.27. The monoisotopic (exact) mass is 440 g/mol. The lowest BCUT2D eigenvalue weighted by Gasteiger charge is -2.29. The van der Waals surface area contributed by atoms with E-state index in [1.807, 2.05) is 0 Å². The van der Waals surface area contributed by atoms with Gasteiger partial charge in [0.15, 0.2) is 0 Å². The van der Waals surface area contributed by atoms with Crippen molar-refractivity contribution in [2.45, 2.75) is 52.4 Å². The second-order valence-electron chi connectivity index (χ2n) is 9.62. The summed E-state index contributed by atoms with van der Waals surface area (Å²) in [5.74, 6) is 2.07. The standard InChI is InChI=1S/C29H36N4/c1-3-33(18-10-17-32-15-8-5-9-16-32)29-28-25-14-13-22(2)19-24(25)21-26(28)30-27(31-29)20-23-11-6-4-7-12-23/h4,6-7,11-14,19H,3,5,8-10,15-18,20-21H2,1-2H3. The molecule has 2 aliphatic rings. The summed E-state index contributed by atoms with van der Waals surface area (Å²) >= 11 is 0. The predicted octanol–water partition coefficient (Wildman–Crippen LogP) is 5.65. The molecule has 0 spiro atoms. The van der Waals surface area contributed by atoms with Gasteiger partial charge in [0.25, 0.3) is 0 Å². The van der Waals surface area contributed by atoms with Crippen LogP contribution in [0.15, 0.2) is 48.5 Å². The summed E-state index contributed by atoms with van der Waals surface area (Å²) < 4.78 is 0. The summed E-state index contributed by atoms with van der Waals surface area (Å²) in [5.41, 5.74) is 7.76. The maximum atomic E-state index is 5.20. The Balaban J connectivity index is 1.44. The molecule has 0 saturated carbocycles. The van der Waals surface area contributed by atoms with Gasteiger partial charge in [-0.15, -0.1) is 0 Å². The van der Waals surface area contributed by atoms with Gasteiger partial charge in [-0.05, 0) is 69.4 Å². The molecule has 3 aromatic rings. The van der Waals surface area contributed by atoms with E-state index in [0.29, 0.717) is 0 Å². The van der Waals surface area contributed by atoms with Crippen LogP contribution in [0.3, 0.4) is 0 Å². The van der Waals surface area contributed by atoms with E-state index < -0.39 is 0 Å². The number of rotatable bonds is 8. The largest absolute Gasteiger partial charge is 0.356 e. The van der Waals surface area contributed by atoms with Crippen LogP contribution in [0.1, 0.15) is 60.8 Å². The van der Waals surface area contributed by atoms with E-state index in [4.69, 9.17) is 9.97 Å². The van der Waals surface area contributed by atoms with Crippen LogP contribution in [0.2, 0.25) is 0 Å². The number of aromatic nitrogens is 2. The summed E-state index contributed by atoms with van der Waals surface area (Å²) in [6, 6.07) is 17.4. The zero-order valence-electron chi connectivity index (χ0n) is 20.2. The molecule has 1 fully saturated rings. The number of likely N-dealkylation sites (tertiary alicyclic amines) is 1. The van der Waals surface area contributed by atoms with Crippen LogP contribution in [0.5, 0.6) is 0 Å². The maximum absolute atomic E-state index is 5.20. The number of nitrogens with zero attached hydrogens (tertiary/aromatic N) is 4. The van der Waals surface area contributed by atoms with Crippen LogP contribution in [-0.2, 0) is 12.8 Å². The minimum atomic E-state index is 0.780. The molecule has 0 atom stereocenters. The Hall–Kier alpha value is -2.72. The molecular weight excluding hydrogens is 404 g/mol. The second-order valence-corrected chi connectivity index (χ2v) is 9.62. The van der Waals surface area contributed by atoms with Gasteiger partial charge >= 0.3 is 0 Å². The van der Waals surface area contributed by atoms with Crippen LogP contribution in [0.4, 0.5) is 5.82 Å². The molecule has 4 nitrogen and oxygen atoms in total. The van der Waals surface area contributed by atoms with Crippen molar-refractivity contribution in [3.05, 3.63) is 76.7 Å². The minimum Gasteiger partial charge on any atom is -0.356 e. The first-order chi connectivity index (χ1) is 16.2. The van der Waals surface area contributed by atoms with Crippen LogP contribution >= 0.6 is 0 Å². The van der Waals surface area contributed by atoms with E-state index in [1.54, 1.807) is 0 Å². The van der Waals surface area contributed by atoms with Crippen molar-refractivity contribution in [2.24, 2.45) is 0 Å². The number of fused-ring (bicyclic) bond motifs is 3. The molecule has 4 heteroatoms. The number of aryl methyl sites for hydroxylation is 1. The summed E-state index contributed by atoms with van der Waals surface area (Å²) in [6.45, 7) is 10.2. The first kappa shape index (κ1) is 22.1. The van der Waals surface area contributed by atoms with Gasteiger partial charge in [0.1, 0.15) is 11.6 Å². The second kappa shape index (κ2) is 10.0. The van der Waals surface area contributed by atoms with E-state index >= 15 is 0 Å². The summed E-state index contributed by atoms with van der Waals surface area (Å²) in [7, 11) is 0. The highest BCUT2D eigenvalue weighted by atomic mass is 15.2. The van der Waals surface area contributed by atoms with E-state index in [9.17, 15) is 0 Å². The first-order valence-electron chi connectivity index (χ1n) is 12.7. The lowest BCUT2D eigenvalue weighted by atomic mass is 10.0. The fourth-order valence-corrected chi connectivity index (χ4v) is 5.41. The van der Waals surface area contributed by atoms with Crippen molar-refractivity contribution in [1.82, 2.24) is 14.9 Å². The smallest absolute Gasteiger partial charge is 0.140 e. The highest BCUT2D eigenvalue weighted by molar-refractivity contribution is 5.84. The molecule has 2 aromatic carbocycles. The molecule has 0 bridgehead atoms. The van der Waals surface area contributed by atoms with Crippen molar-refractivity contribution < 1.29 is 0 Å². The van der Waals surface area contributed by atoms with Gasteiger partial charge in [-0.3, -0.25) is 0 Å². The Morgan fingerprint density at radius 1 is 0.970 bits per heavy atom. The van der Waals surface area contributed by atoms with E-state index in [2.05, 4.69) is 72.2 Å². The fraction of sp³-hybridized carbons (Fsp3) is 0.448. The number of benzene rings is 2. The maximum Gasteiger partial charge on any atom is 0.140 e. The average molecular weight is 441 g/mol. The van der Waals surface area contributed by atoms with E-state index in [-0.39, 0.29) is 0 Å². The van der Waals surface area contributed by atoms with Gasteiger partial charge in [0, 0.05) is 31.5 Å².